The summed E-state index contributed by atoms with van der Waals surface area (Å²) in [6.45, 7) is 8.79. The Morgan fingerprint density at radius 1 is 0.929 bits per heavy atom. The average Bonchev–Trinajstić information content (AvgIpc) is 2.16. The minimum absolute atomic E-state index is 0.107. The molecule has 0 fully saturated rings. The van der Waals surface area contributed by atoms with Crippen LogP contribution in [-0.4, -0.2) is 22.2 Å². The maximum absolute atomic E-state index is 10.2. The second-order valence-electron chi connectivity index (χ2n) is 2.31. The fraction of sp³-hybridized carbons (Fsp3) is 0.200. The first-order chi connectivity index (χ1) is 6.45. The molecule has 0 saturated heterocycles. The summed E-state index contributed by atoms with van der Waals surface area (Å²) >= 11 is 0. The number of aliphatic carboxylic acids is 2. The zero-order chi connectivity index (χ0) is 11.7. The molecule has 0 aromatic rings. The molecule has 2 N–H and O–H groups in total. The van der Waals surface area contributed by atoms with E-state index in [2.05, 4.69) is 13.2 Å². The van der Waals surface area contributed by atoms with Crippen LogP contribution in [0.15, 0.2) is 36.5 Å². The molecular weight excluding hydrogens is 184 g/mol. The Morgan fingerprint density at radius 3 is 1.29 bits per heavy atom. The first kappa shape index (κ1) is 14.7. The molecule has 0 aromatic heterocycles. The molecule has 4 nitrogen and oxygen atoms in total. The molecule has 0 spiro atoms. The molecule has 0 aliphatic heterocycles. The number of carboxylic acids is 2. The highest BCUT2D eigenvalue weighted by atomic mass is 16.4. The molecule has 4 heteroatoms. The van der Waals surface area contributed by atoms with Gasteiger partial charge in [-0.3, -0.25) is 0 Å². The Morgan fingerprint density at radius 2 is 1.14 bits per heavy atom. The van der Waals surface area contributed by atoms with Crippen molar-refractivity contribution in [2.45, 2.75) is 13.8 Å². The molecule has 78 valence electrons. The van der Waals surface area contributed by atoms with Crippen molar-refractivity contribution in [1.29, 1.82) is 0 Å². The van der Waals surface area contributed by atoms with Crippen molar-refractivity contribution in [3.05, 3.63) is 36.5 Å². The first-order valence-corrected chi connectivity index (χ1v) is 3.77. The van der Waals surface area contributed by atoms with Crippen LogP contribution < -0.4 is 0 Å². The van der Waals surface area contributed by atoms with Gasteiger partial charge in [0.05, 0.1) is 0 Å². The van der Waals surface area contributed by atoms with Crippen molar-refractivity contribution in [3.8, 4) is 0 Å². The summed E-state index contributed by atoms with van der Waals surface area (Å²) in [6.07, 6.45) is 2.51. The lowest BCUT2D eigenvalue weighted by Crippen LogP contribution is -1.97. The largest absolute Gasteiger partial charge is 0.478 e. The topological polar surface area (TPSA) is 74.6 Å². The summed E-state index contributed by atoms with van der Waals surface area (Å²) in [5, 5.41) is 16.8. The number of hydrogen-bond donors (Lipinski definition) is 2. The summed E-state index contributed by atoms with van der Waals surface area (Å²) in [4.78, 5) is 20.5. The SMILES string of the molecule is C/C(=C\C=C(/C)C(=O)O)C(=O)O.C=C. The molecule has 14 heavy (non-hydrogen) atoms. The van der Waals surface area contributed by atoms with Gasteiger partial charge in [0.1, 0.15) is 0 Å². The average molecular weight is 198 g/mol. The maximum Gasteiger partial charge on any atom is 0.331 e. The van der Waals surface area contributed by atoms with Gasteiger partial charge in [-0.25, -0.2) is 9.59 Å². The third-order valence-electron chi connectivity index (χ3n) is 1.26. The molecule has 0 radical (unpaired) electrons. The number of carboxylic acid groups (broad SMARTS) is 2. The van der Waals surface area contributed by atoms with Crippen molar-refractivity contribution in [2.24, 2.45) is 0 Å². The quantitative estimate of drug-likeness (QED) is 0.412. The lowest BCUT2D eigenvalue weighted by Gasteiger charge is -1.90. The van der Waals surface area contributed by atoms with Gasteiger partial charge in [0.2, 0.25) is 0 Å². The molecule has 0 unspecified atom stereocenters. The van der Waals surface area contributed by atoms with E-state index in [0.717, 1.165) is 0 Å². The summed E-state index contributed by atoms with van der Waals surface area (Å²) in [6, 6.07) is 0. The smallest absolute Gasteiger partial charge is 0.331 e. The van der Waals surface area contributed by atoms with Crippen LogP contribution in [0.5, 0.6) is 0 Å². The van der Waals surface area contributed by atoms with Crippen molar-refractivity contribution in [2.75, 3.05) is 0 Å². The van der Waals surface area contributed by atoms with E-state index in [1.165, 1.54) is 26.0 Å². The van der Waals surface area contributed by atoms with E-state index in [9.17, 15) is 9.59 Å². The van der Waals surface area contributed by atoms with Gasteiger partial charge in [-0.1, -0.05) is 12.2 Å². The lowest BCUT2D eigenvalue weighted by molar-refractivity contribution is -0.133. The molecule has 0 amide bonds. The minimum Gasteiger partial charge on any atom is -0.478 e. The summed E-state index contributed by atoms with van der Waals surface area (Å²) in [5.41, 5.74) is 0.214. The van der Waals surface area contributed by atoms with Crippen molar-refractivity contribution < 1.29 is 19.8 Å². The van der Waals surface area contributed by atoms with Crippen LogP contribution in [0.2, 0.25) is 0 Å². The lowest BCUT2D eigenvalue weighted by atomic mass is 10.2. The Balaban J connectivity index is 0. The highest BCUT2D eigenvalue weighted by molar-refractivity contribution is 5.88. The van der Waals surface area contributed by atoms with Crippen molar-refractivity contribution >= 4 is 11.9 Å². The predicted molar refractivity (Wildman–Crippen MR) is 54.0 cm³/mol. The number of allylic oxidation sites excluding steroid dienone is 2. The Kier molecular flexibility index (Phi) is 8.16. The fourth-order valence-corrected chi connectivity index (χ4v) is 0.393. The summed E-state index contributed by atoms with van der Waals surface area (Å²) < 4.78 is 0. The summed E-state index contributed by atoms with van der Waals surface area (Å²) in [5.74, 6) is -2.10. The fourth-order valence-electron chi connectivity index (χ4n) is 0.393. The molecular formula is C10H14O4. The highest BCUT2D eigenvalue weighted by Crippen LogP contribution is 1.97. The summed E-state index contributed by atoms with van der Waals surface area (Å²) in [7, 11) is 0. The van der Waals surface area contributed by atoms with Gasteiger partial charge in [0.15, 0.2) is 0 Å². The van der Waals surface area contributed by atoms with E-state index in [4.69, 9.17) is 10.2 Å². The Labute approximate surface area is 82.9 Å². The molecule has 0 aromatic carbocycles. The minimum atomic E-state index is -1.05. The van der Waals surface area contributed by atoms with E-state index in [-0.39, 0.29) is 11.1 Å². The van der Waals surface area contributed by atoms with Crippen molar-refractivity contribution in [3.63, 3.8) is 0 Å². The van der Waals surface area contributed by atoms with E-state index in [0.29, 0.717) is 0 Å². The zero-order valence-electron chi connectivity index (χ0n) is 8.28. The van der Waals surface area contributed by atoms with E-state index in [1.807, 2.05) is 0 Å². The van der Waals surface area contributed by atoms with Crippen LogP contribution in [0.4, 0.5) is 0 Å². The van der Waals surface area contributed by atoms with Crippen LogP contribution in [0.25, 0.3) is 0 Å². The maximum atomic E-state index is 10.2. The molecule has 0 aliphatic rings. The third-order valence-corrected chi connectivity index (χ3v) is 1.26. The van der Waals surface area contributed by atoms with Gasteiger partial charge >= 0.3 is 11.9 Å². The molecule has 0 atom stereocenters. The molecule has 0 rings (SSSR count). The zero-order valence-corrected chi connectivity index (χ0v) is 8.28. The van der Waals surface area contributed by atoms with E-state index in [1.54, 1.807) is 0 Å². The number of rotatable bonds is 3. The van der Waals surface area contributed by atoms with Gasteiger partial charge < -0.3 is 10.2 Å². The highest BCUT2D eigenvalue weighted by Gasteiger charge is 1.99. The standard InChI is InChI=1S/C8H10O4.C2H4/c1-5(7(9)10)3-4-6(2)8(11)12;1-2/h3-4H,1-2H3,(H,9,10)(H,11,12);1-2H2/b5-3+,6-4+;. The third kappa shape index (κ3) is 6.84. The Hall–Kier alpha value is -1.84. The predicted octanol–water partition coefficient (Wildman–Crippen LogP) is 1.85. The van der Waals surface area contributed by atoms with Gasteiger partial charge in [-0.05, 0) is 13.8 Å². The molecule has 0 aliphatic carbocycles. The van der Waals surface area contributed by atoms with Crippen LogP contribution in [-0.2, 0) is 9.59 Å². The van der Waals surface area contributed by atoms with E-state index >= 15 is 0 Å². The van der Waals surface area contributed by atoms with Crippen LogP contribution >= 0.6 is 0 Å². The normalized spacial score (nSPS) is 11.3. The second kappa shape index (κ2) is 7.79. The van der Waals surface area contributed by atoms with Gasteiger partial charge in [0, 0.05) is 11.1 Å². The molecule has 0 heterocycles. The monoisotopic (exact) mass is 198 g/mol. The molecule has 0 bridgehead atoms. The van der Waals surface area contributed by atoms with Gasteiger partial charge in [-0.2, -0.15) is 0 Å². The number of hydrogen-bond acceptors (Lipinski definition) is 2. The van der Waals surface area contributed by atoms with Crippen LogP contribution in [0, 0.1) is 0 Å². The first-order valence-electron chi connectivity index (χ1n) is 3.77. The Bertz CT molecular complexity index is 246. The van der Waals surface area contributed by atoms with Crippen molar-refractivity contribution in [1.82, 2.24) is 0 Å². The van der Waals surface area contributed by atoms with E-state index < -0.39 is 11.9 Å². The van der Waals surface area contributed by atoms with Crippen LogP contribution in [0.1, 0.15) is 13.8 Å². The molecule has 0 saturated carbocycles. The second-order valence-corrected chi connectivity index (χ2v) is 2.31. The van der Waals surface area contributed by atoms with Gasteiger partial charge in [-0.15, -0.1) is 13.2 Å². The van der Waals surface area contributed by atoms with Crippen LogP contribution in [0.3, 0.4) is 0 Å². The van der Waals surface area contributed by atoms with Gasteiger partial charge in [0.25, 0.3) is 0 Å². The number of carbonyl (C=O) groups is 2.